The Hall–Kier alpha value is -0.800. The second-order valence-electron chi connectivity index (χ2n) is 2.57. The normalized spacial score (nSPS) is 13.8. The molecule has 1 atom stereocenters. The van der Waals surface area contributed by atoms with Crippen molar-refractivity contribution < 1.29 is 13.2 Å². The van der Waals surface area contributed by atoms with Gasteiger partial charge in [0.1, 0.15) is 0 Å². The largest absolute Gasteiger partial charge is 0.405 e. The summed E-state index contributed by atoms with van der Waals surface area (Å²) in [5.74, 6) is -1.93. The average Bonchev–Trinajstić information content (AvgIpc) is 2.02. The van der Waals surface area contributed by atoms with E-state index >= 15 is 0 Å². The monoisotopic (exact) mass is 195 g/mol. The van der Waals surface area contributed by atoms with Crippen LogP contribution in [0.1, 0.15) is 6.42 Å². The minimum absolute atomic E-state index is 0.361. The fraction of sp³-hybridized carbons (Fsp3) is 0.857. The van der Waals surface area contributed by atoms with Crippen LogP contribution in [0.25, 0.3) is 0 Å². The third-order valence-electron chi connectivity index (χ3n) is 1.46. The number of hydrogen-bond donors (Lipinski definition) is 2. The van der Waals surface area contributed by atoms with Gasteiger partial charge in [-0.15, -0.1) is 0 Å². The molecule has 0 saturated carbocycles. The molecule has 0 rings (SSSR count). The highest BCUT2D eigenvalue weighted by Gasteiger charge is 2.39. The molecule has 0 aromatic carbocycles. The summed E-state index contributed by atoms with van der Waals surface area (Å²) in [6.45, 7) is 0.473. The van der Waals surface area contributed by atoms with Gasteiger partial charge >= 0.3 is 6.18 Å². The number of nitrogens with one attached hydrogen (secondary N) is 1. The van der Waals surface area contributed by atoms with Gasteiger partial charge in [0, 0.05) is 6.54 Å². The van der Waals surface area contributed by atoms with Crippen LogP contribution in [-0.4, -0.2) is 25.8 Å². The van der Waals surface area contributed by atoms with E-state index in [1.165, 1.54) is 6.07 Å². The Labute approximate surface area is 74.7 Å². The van der Waals surface area contributed by atoms with Crippen molar-refractivity contribution in [3.05, 3.63) is 0 Å². The molecule has 0 bridgehead atoms. The summed E-state index contributed by atoms with van der Waals surface area (Å²) in [7, 11) is 0. The molecule has 0 aliphatic heterocycles. The second kappa shape index (κ2) is 5.78. The molecule has 3 nitrogen and oxygen atoms in total. The lowest BCUT2D eigenvalue weighted by Gasteiger charge is -2.13. The van der Waals surface area contributed by atoms with E-state index in [4.69, 9.17) is 11.0 Å². The number of nitrogens with two attached hydrogens (primary N) is 1. The Balaban J connectivity index is 3.69. The quantitative estimate of drug-likeness (QED) is 0.632. The van der Waals surface area contributed by atoms with Crippen LogP contribution >= 0.6 is 0 Å². The first-order chi connectivity index (χ1) is 6.02. The van der Waals surface area contributed by atoms with Gasteiger partial charge in [-0.1, -0.05) is 0 Å². The van der Waals surface area contributed by atoms with E-state index < -0.39 is 12.1 Å². The van der Waals surface area contributed by atoms with Gasteiger partial charge in [0.05, 0.1) is 6.07 Å². The molecule has 0 spiro atoms. The Morgan fingerprint density at radius 1 is 1.46 bits per heavy atom. The minimum Gasteiger partial charge on any atom is -0.330 e. The first kappa shape index (κ1) is 12.2. The van der Waals surface area contributed by atoms with Crippen molar-refractivity contribution in [2.45, 2.75) is 12.6 Å². The summed E-state index contributed by atoms with van der Waals surface area (Å²) in [4.78, 5) is 0. The van der Waals surface area contributed by atoms with Crippen LogP contribution in [0.3, 0.4) is 0 Å². The van der Waals surface area contributed by atoms with Gasteiger partial charge in [0.15, 0.2) is 5.92 Å². The number of alkyl halides is 3. The van der Waals surface area contributed by atoms with E-state index in [-0.39, 0.29) is 6.54 Å². The maximum Gasteiger partial charge on any atom is 0.405 e. The fourth-order valence-corrected chi connectivity index (χ4v) is 0.708. The summed E-state index contributed by atoms with van der Waals surface area (Å²) >= 11 is 0. The smallest absolute Gasteiger partial charge is 0.330 e. The van der Waals surface area contributed by atoms with Crippen LogP contribution in [0.5, 0.6) is 0 Å². The molecular weight excluding hydrogens is 183 g/mol. The van der Waals surface area contributed by atoms with Gasteiger partial charge in [-0.05, 0) is 19.5 Å². The lowest BCUT2D eigenvalue weighted by molar-refractivity contribution is -0.157. The predicted octanol–water partition coefficient (Wildman–Crippen LogP) is 0.627. The maximum atomic E-state index is 11.9. The number of nitrogens with zero attached hydrogens (tertiary/aromatic N) is 1. The number of halogens is 3. The molecule has 0 aromatic rings. The van der Waals surface area contributed by atoms with E-state index in [0.29, 0.717) is 19.5 Å². The fourth-order valence-electron chi connectivity index (χ4n) is 0.708. The molecule has 6 heteroatoms. The van der Waals surface area contributed by atoms with Crippen LogP contribution in [-0.2, 0) is 0 Å². The van der Waals surface area contributed by atoms with Crippen molar-refractivity contribution in [3.63, 3.8) is 0 Å². The van der Waals surface area contributed by atoms with Gasteiger partial charge in [0.2, 0.25) is 0 Å². The zero-order chi connectivity index (χ0) is 10.3. The molecule has 0 heterocycles. The first-order valence-electron chi connectivity index (χ1n) is 3.89. The lowest BCUT2D eigenvalue weighted by atomic mass is 10.1. The predicted molar refractivity (Wildman–Crippen MR) is 41.7 cm³/mol. The zero-order valence-electron chi connectivity index (χ0n) is 7.06. The Morgan fingerprint density at radius 3 is 2.46 bits per heavy atom. The zero-order valence-corrected chi connectivity index (χ0v) is 7.06. The average molecular weight is 195 g/mol. The van der Waals surface area contributed by atoms with Gasteiger partial charge in [-0.25, -0.2) is 0 Å². The topological polar surface area (TPSA) is 61.8 Å². The standard InChI is InChI=1S/C7H12F3N3/c8-7(9,10)6(4-12)5-13-3-1-2-11/h6,13H,1-3,5,11H2. The van der Waals surface area contributed by atoms with Crippen molar-refractivity contribution in [1.29, 1.82) is 5.26 Å². The summed E-state index contributed by atoms with van der Waals surface area (Å²) in [6, 6.07) is 1.20. The summed E-state index contributed by atoms with van der Waals surface area (Å²) in [6.07, 6.45) is -3.83. The van der Waals surface area contributed by atoms with Gasteiger partial charge in [0.25, 0.3) is 0 Å². The third-order valence-corrected chi connectivity index (χ3v) is 1.46. The third kappa shape index (κ3) is 5.44. The molecule has 3 N–H and O–H groups in total. The molecule has 13 heavy (non-hydrogen) atoms. The van der Waals surface area contributed by atoms with E-state index in [0.717, 1.165) is 0 Å². The van der Waals surface area contributed by atoms with Crippen molar-refractivity contribution in [2.75, 3.05) is 19.6 Å². The second-order valence-corrected chi connectivity index (χ2v) is 2.57. The van der Waals surface area contributed by atoms with Crippen LogP contribution in [0.4, 0.5) is 13.2 Å². The van der Waals surface area contributed by atoms with Crippen molar-refractivity contribution in [2.24, 2.45) is 11.7 Å². The van der Waals surface area contributed by atoms with E-state index in [2.05, 4.69) is 5.32 Å². The Bertz CT molecular complexity index is 173. The van der Waals surface area contributed by atoms with E-state index in [1.807, 2.05) is 0 Å². The van der Waals surface area contributed by atoms with Gasteiger partial charge in [-0.2, -0.15) is 18.4 Å². The minimum atomic E-state index is -4.44. The maximum absolute atomic E-state index is 11.9. The molecule has 0 aliphatic rings. The van der Waals surface area contributed by atoms with Crippen LogP contribution in [0.2, 0.25) is 0 Å². The number of nitriles is 1. The van der Waals surface area contributed by atoms with E-state index in [1.54, 1.807) is 0 Å². The van der Waals surface area contributed by atoms with E-state index in [9.17, 15) is 13.2 Å². The molecule has 76 valence electrons. The number of hydrogen-bond acceptors (Lipinski definition) is 3. The molecule has 0 radical (unpaired) electrons. The Morgan fingerprint density at radius 2 is 2.08 bits per heavy atom. The number of rotatable bonds is 5. The summed E-state index contributed by atoms with van der Waals surface area (Å²) < 4.78 is 35.8. The van der Waals surface area contributed by atoms with Crippen molar-refractivity contribution in [1.82, 2.24) is 5.32 Å². The highest BCUT2D eigenvalue weighted by Crippen LogP contribution is 2.24. The lowest BCUT2D eigenvalue weighted by Crippen LogP contribution is -2.33. The van der Waals surface area contributed by atoms with Gasteiger partial charge in [-0.3, -0.25) is 0 Å². The molecule has 0 saturated heterocycles. The van der Waals surface area contributed by atoms with Crippen molar-refractivity contribution >= 4 is 0 Å². The van der Waals surface area contributed by atoms with Crippen LogP contribution in [0, 0.1) is 17.2 Å². The molecule has 1 unspecified atom stereocenters. The summed E-state index contributed by atoms with van der Waals surface area (Å²) in [5, 5.41) is 10.7. The Kier molecular flexibility index (Phi) is 5.42. The van der Waals surface area contributed by atoms with Crippen LogP contribution in [0.15, 0.2) is 0 Å². The molecule has 0 aliphatic carbocycles. The van der Waals surface area contributed by atoms with Crippen LogP contribution < -0.4 is 11.1 Å². The first-order valence-corrected chi connectivity index (χ1v) is 3.89. The molecule has 0 fully saturated rings. The molecular formula is C7H12F3N3. The summed E-state index contributed by atoms with van der Waals surface area (Å²) in [5.41, 5.74) is 5.14. The highest BCUT2D eigenvalue weighted by molar-refractivity contribution is 4.89. The van der Waals surface area contributed by atoms with Crippen molar-refractivity contribution in [3.8, 4) is 6.07 Å². The SMILES string of the molecule is N#CC(CNCCCN)C(F)(F)F. The molecule has 0 amide bonds. The molecule has 0 aromatic heterocycles. The van der Waals surface area contributed by atoms with Gasteiger partial charge < -0.3 is 11.1 Å². The highest BCUT2D eigenvalue weighted by atomic mass is 19.4.